The van der Waals surface area contributed by atoms with Gasteiger partial charge in [0.1, 0.15) is 5.76 Å². The van der Waals surface area contributed by atoms with Crippen molar-refractivity contribution in [3.8, 4) is 0 Å². The Morgan fingerprint density at radius 2 is 2.19 bits per heavy atom. The van der Waals surface area contributed by atoms with Crippen molar-refractivity contribution in [3.05, 3.63) is 41.9 Å². The molecule has 0 saturated carbocycles. The molecule has 112 valence electrons. The van der Waals surface area contributed by atoms with E-state index in [4.69, 9.17) is 4.42 Å². The zero-order chi connectivity index (χ0) is 15.0. The van der Waals surface area contributed by atoms with Gasteiger partial charge in [-0.15, -0.1) is 0 Å². The summed E-state index contributed by atoms with van der Waals surface area (Å²) in [6.45, 7) is 0.580. The van der Waals surface area contributed by atoms with Crippen molar-refractivity contribution < 1.29 is 22.4 Å². The lowest BCUT2D eigenvalue weighted by Crippen LogP contribution is -2.39. The standard InChI is InChI=1S/C13H12F3N3O2/c14-13(15,16)12-10-7-18(3-4-19(10)8-17-12)11(20)6-9-2-1-5-21-9/h1-2,5,8H,3-4,6-7H2. The van der Waals surface area contributed by atoms with Crippen LogP contribution in [0.2, 0.25) is 0 Å². The highest BCUT2D eigenvalue weighted by Gasteiger charge is 2.39. The normalized spacial score (nSPS) is 15.1. The van der Waals surface area contributed by atoms with Crippen LogP contribution in [0.25, 0.3) is 0 Å². The van der Waals surface area contributed by atoms with Crippen LogP contribution in [0.1, 0.15) is 17.1 Å². The van der Waals surface area contributed by atoms with Crippen molar-refractivity contribution in [2.45, 2.75) is 25.7 Å². The minimum Gasteiger partial charge on any atom is -0.469 e. The van der Waals surface area contributed by atoms with Gasteiger partial charge in [-0.3, -0.25) is 4.79 Å². The Hall–Kier alpha value is -2.25. The molecule has 0 radical (unpaired) electrons. The second kappa shape index (κ2) is 4.94. The third kappa shape index (κ3) is 2.65. The van der Waals surface area contributed by atoms with E-state index in [1.54, 1.807) is 12.1 Å². The highest BCUT2D eigenvalue weighted by molar-refractivity contribution is 5.78. The van der Waals surface area contributed by atoms with Gasteiger partial charge in [0.2, 0.25) is 5.91 Å². The molecular formula is C13H12F3N3O2. The lowest BCUT2D eigenvalue weighted by Gasteiger charge is -2.28. The summed E-state index contributed by atoms with van der Waals surface area (Å²) in [4.78, 5) is 16.9. The summed E-state index contributed by atoms with van der Waals surface area (Å²) in [5.74, 6) is 0.237. The predicted octanol–water partition coefficient (Wildman–Crippen LogP) is 2.08. The van der Waals surface area contributed by atoms with E-state index < -0.39 is 11.9 Å². The van der Waals surface area contributed by atoms with Crippen LogP contribution in [0.5, 0.6) is 0 Å². The van der Waals surface area contributed by atoms with Gasteiger partial charge in [-0.1, -0.05) is 0 Å². The number of aromatic nitrogens is 2. The van der Waals surface area contributed by atoms with E-state index in [1.165, 1.54) is 22.1 Å². The summed E-state index contributed by atoms with van der Waals surface area (Å²) in [7, 11) is 0. The number of halogens is 3. The second-order valence-electron chi connectivity index (χ2n) is 4.80. The van der Waals surface area contributed by atoms with Gasteiger partial charge in [-0.25, -0.2) is 4.98 Å². The molecule has 0 fully saturated rings. The van der Waals surface area contributed by atoms with Crippen LogP contribution in [0.3, 0.4) is 0 Å². The van der Waals surface area contributed by atoms with Crippen molar-refractivity contribution in [2.75, 3.05) is 6.54 Å². The first-order chi connectivity index (χ1) is 9.95. The maximum Gasteiger partial charge on any atom is 0.435 e. The first-order valence-electron chi connectivity index (χ1n) is 6.36. The molecule has 0 N–H and O–H groups in total. The lowest BCUT2D eigenvalue weighted by molar-refractivity contribution is -0.143. The van der Waals surface area contributed by atoms with Crippen LogP contribution >= 0.6 is 0 Å². The lowest BCUT2D eigenvalue weighted by atomic mass is 10.2. The Labute approximate surface area is 118 Å². The third-order valence-corrected chi connectivity index (χ3v) is 3.42. The smallest absolute Gasteiger partial charge is 0.435 e. The van der Waals surface area contributed by atoms with Crippen LogP contribution in [0.4, 0.5) is 13.2 Å². The number of rotatable bonds is 2. The Morgan fingerprint density at radius 3 is 2.86 bits per heavy atom. The molecule has 21 heavy (non-hydrogen) atoms. The number of imidazole rings is 1. The zero-order valence-corrected chi connectivity index (χ0v) is 10.9. The Balaban J connectivity index is 1.77. The van der Waals surface area contributed by atoms with Crippen LogP contribution in [-0.2, 0) is 30.5 Å². The molecule has 0 aromatic carbocycles. The molecular weight excluding hydrogens is 287 g/mol. The van der Waals surface area contributed by atoms with Gasteiger partial charge in [0.05, 0.1) is 31.2 Å². The van der Waals surface area contributed by atoms with E-state index in [1.807, 2.05) is 0 Å². The van der Waals surface area contributed by atoms with Crippen molar-refractivity contribution in [3.63, 3.8) is 0 Å². The average molecular weight is 299 g/mol. The minimum absolute atomic E-state index is 0.0292. The number of hydrogen-bond acceptors (Lipinski definition) is 3. The second-order valence-corrected chi connectivity index (χ2v) is 4.80. The zero-order valence-electron chi connectivity index (χ0n) is 10.9. The van der Waals surface area contributed by atoms with E-state index in [0.717, 1.165) is 0 Å². The molecule has 0 aliphatic carbocycles. The molecule has 3 rings (SSSR count). The summed E-state index contributed by atoms with van der Waals surface area (Å²) in [5.41, 5.74) is -0.889. The van der Waals surface area contributed by atoms with Crippen molar-refractivity contribution in [1.29, 1.82) is 0 Å². The number of carbonyl (C=O) groups is 1. The number of fused-ring (bicyclic) bond motifs is 1. The van der Waals surface area contributed by atoms with Gasteiger partial charge in [-0.2, -0.15) is 13.2 Å². The van der Waals surface area contributed by atoms with Crippen LogP contribution in [0, 0.1) is 0 Å². The molecule has 1 aliphatic heterocycles. The van der Waals surface area contributed by atoms with Gasteiger partial charge in [0.15, 0.2) is 5.69 Å². The van der Waals surface area contributed by atoms with Crippen molar-refractivity contribution >= 4 is 5.91 Å². The number of nitrogens with zero attached hydrogens (tertiary/aromatic N) is 3. The largest absolute Gasteiger partial charge is 0.469 e. The molecule has 8 heteroatoms. The molecule has 0 unspecified atom stereocenters. The molecule has 5 nitrogen and oxygen atoms in total. The fraction of sp³-hybridized carbons (Fsp3) is 0.385. The third-order valence-electron chi connectivity index (χ3n) is 3.42. The van der Waals surface area contributed by atoms with Gasteiger partial charge >= 0.3 is 6.18 Å². The monoisotopic (exact) mass is 299 g/mol. The first-order valence-corrected chi connectivity index (χ1v) is 6.36. The number of alkyl halides is 3. The van der Waals surface area contributed by atoms with Crippen LogP contribution in [-0.4, -0.2) is 26.9 Å². The number of carbonyl (C=O) groups excluding carboxylic acids is 1. The van der Waals surface area contributed by atoms with Gasteiger partial charge in [-0.05, 0) is 12.1 Å². The highest BCUT2D eigenvalue weighted by Crippen LogP contribution is 2.32. The molecule has 0 spiro atoms. The van der Waals surface area contributed by atoms with E-state index in [-0.39, 0.29) is 24.6 Å². The Morgan fingerprint density at radius 1 is 1.38 bits per heavy atom. The van der Waals surface area contributed by atoms with Crippen LogP contribution in [0.15, 0.2) is 29.1 Å². The van der Waals surface area contributed by atoms with E-state index >= 15 is 0 Å². The highest BCUT2D eigenvalue weighted by atomic mass is 19.4. The molecule has 2 aromatic rings. The average Bonchev–Trinajstić information content (AvgIpc) is 3.05. The molecule has 1 amide bonds. The molecule has 3 heterocycles. The van der Waals surface area contributed by atoms with Crippen LogP contribution < -0.4 is 0 Å². The predicted molar refractivity (Wildman–Crippen MR) is 65.1 cm³/mol. The first kappa shape index (κ1) is 13.7. The Bertz CT molecular complexity index is 646. The van der Waals surface area contributed by atoms with E-state index in [2.05, 4.69) is 4.98 Å². The molecule has 0 saturated heterocycles. The summed E-state index contributed by atoms with van der Waals surface area (Å²) in [6, 6.07) is 3.32. The SMILES string of the molecule is O=C(Cc1ccco1)N1CCn2cnc(C(F)(F)F)c2C1. The van der Waals surface area contributed by atoms with Gasteiger partial charge in [0.25, 0.3) is 0 Å². The summed E-state index contributed by atoms with van der Waals surface area (Å²) in [6.07, 6.45) is -1.84. The van der Waals surface area contributed by atoms with E-state index in [9.17, 15) is 18.0 Å². The Kier molecular flexibility index (Phi) is 3.23. The summed E-state index contributed by atoms with van der Waals surface area (Å²) in [5, 5.41) is 0. The quantitative estimate of drug-likeness (QED) is 0.853. The minimum atomic E-state index is -4.51. The van der Waals surface area contributed by atoms with E-state index in [0.29, 0.717) is 18.8 Å². The number of furan rings is 1. The molecule has 1 aliphatic rings. The maximum atomic E-state index is 12.8. The van der Waals surface area contributed by atoms with Gasteiger partial charge < -0.3 is 13.9 Å². The fourth-order valence-corrected chi connectivity index (χ4v) is 2.38. The summed E-state index contributed by atoms with van der Waals surface area (Å²) >= 11 is 0. The van der Waals surface area contributed by atoms with Crippen molar-refractivity contribution in [2.24, 2.45) is 0 Å². The summed E-state index contributed by atoms with van der Waals surface area (Å²) < 4.78 is 45.1. The number of hydrogen-bond donors (Lipinski definition) is 0. The van der Waals surface area contributed by atoms with Crippen molar-refractivity contribution in [1.82, 2.24) is 14.5 Å². The fourth-order valence-electron chi connectivity index (χ4n) is 2.38. The molecule has 2 aromatic heterocycles. The molecule has 0 atom stereocenters. The van der Waals surface area contributed by atoms with Gasteiger partial charge in [0, 0.05) is 13.1 Å². The topological polar surface area (TPSA) is 51.3 Å². The number of amides is 1. The maximum absolute atomic E-state index is 12.8. The molecule has 0 bridgehead atoms.